The van der Waals surface area contributed by atoms with Gasteiger partial charge in [-0.25, -0.2) is 9.97 Å². The molecule has 0 atom stereocenters. The van der Waals surface area contributed by atoms with Crippen molar-refractivity contribution in [2.45, 2.75) is 20.3 Å². The summed E-state index contributed by atoms with van der Waals surface area (Å²) in [6.45, 7) is 8.34. The van der Waals surface area contributed by atoms with Crippen LogP contribution in [0.4, 0.5) is 5.95 Å². The third kappa shape index (κ3) is 3.78. The van der Waals surface area contributed by atoms with Crippen molar-refractivity contribution in [3.05, 3.63) is 65.9 Å². The van der Waals surface area contributed by atoms with Gasteiger partial charge in [-0.05, 0) is 31.5 Å². The van der Waals surface area contributed by atoms with Crippen LogP contribution in [0.2, 0.25) is 0 Å². The van der Waals surface area contributed by atoms with Crippen molar-refractivity contribution in [3.63, 3.8) is 0 Å². The zero-order valence-electron chi connectivity index (χ0n) is 17.0. The van der Waals surface area contributed by atoms with Crippen molar-refractivity contribution in [3.8, 4) is 22.4 Å². The lowest BCUT2D eigenvalue weighted by Gasteiger charge is -2.32. The molecule has 0 bridgehead atoms. The summed E-state index contributed by atoms with van der Waals surface area (Å²) in [5.74, 6) is 0.835. The summed E-state index contributed by atoms with van der Waals surface area (Å²) in [4.78, 5) is 14.5. The standard InChI is InChI=1S/C24H28N4/c1-4-19-7-5-6-8-21(19)22-17-25-24(28-15-13-27(3)14-16-28)26-23(22)20-11-9-18(2)10-12-20/h5-12,17H,4,13-16H2,1-3H3. The number of benzene rings is 2. The van der Waals surface area contributed by atoms with Gasteiger partial charge in [0.05, 0.1) is 5.69 Å². The predicted octanol–water partition coefficient (Wildman–Crippen LogP) is 4.43. The quantitative estimate of drug-likeness (QED) is 0.678. The molecule has 0 saturated carbocycles. The molecule has 1 fully saturated rings. The third-order valence-electron chi connectivity index (χ3n) is 5.58. The van der Waals surface area contributed by atoms with Crippen LogP contribution in [0.1, 0.15) is 18.1 Å². The van der Waals surface area contributed by atoms with Crippen LogP contribution in [0.3, 0.4) is 0 Å². The normalized spacial score (nSPS) is 15.0. The first-order valence-electron chi connectivity index (χ1n) is 10.1. The van der Waals surface area contributed by atoms with E-state index < -0.39 is 0 Å². The minimum absolute atomic E-state index is 0.835. The summed E-state index contributed by atoms with van der Waals surface area (Å²) < 4.78 is 0. The second kappa shape index (κ2) is 8.11. The highest BCUT2D eigenvalue weighted by Crippen LogP contribution is 2.34. The summed E-state index contributed by atoms with van der Waals surface area (Å²) in [6, 6.07) is 17.2. The highest BCUT2D eigenvalue weighted by atomic mass is 15.3. The van der Waals surface area contributed by atoms with Gasteiger partial charge in [0.15, 0.2) is 0 Å². The smallest absolute Gasteiger partial charge is 0.225 e. The van der Waals surface area contributed by atoms with Gasteiger partial charge in [0.2, 0.25) is 5.95 Å². The number of anilines is 1. The molecule has 2 heterocycles. The molecular weight excluding hydrogens is 344 g/mol. The second-order valence-corrected chi connectivity index (χ2v) is 7.60. The van der Waals surface area contributed by atoms with E-state index in [4.69, 9.17) is 9.97 Å². The highest BCUT2D eigenvalue weighted by molar-refractivity contribution is 5.82. The van der Waals surface area contributed by atoms with E-state index in [9.17, 15) is 0 Å². The van der Waals surface area contributed by atoms with Gasteiger partial charge in [-0.2, -0.15) is 0 Å². The number of hydrogen-bond donors (Lipinski definition) is 0. The lowest BCUT2D eigenvalue weighted by Crippen LogP contribution is -2.45. The van der Waals surface area contributed by atoms with Gasteiger partial charge in [0.25, 0.3) is 0 Å². The van der Waals surface area contributed by atoms with Crippen molar-refractivity contribution < 1.29 is 0 Å². The summed E-state index contributed by atoms with van der Waals surface area (Å²) >= 11 is 0. The minimum atomic E-state index is 0.835. The average molecular weight is 373 g/mol. The number of nitrogens with zero attached hydrogens (tertiary/aromatic N) is 4. The van der Waals surface area contributed by atoms with Crippen LogP contribution in [0.5, 0.6) is 0 Å². The lowest BCUT2D eigenvalue weighted by atomic mass is 9.95. The summed E-state index contributed by atoms with van der Waals surface area (Å²) in [6.07, 6.45) is 3.01. The van der Waals surface area contributed by atoms with E-state index in [2.05, 4.69) is 79.2 Å². The van der Waals surface area contributed by atoms with Crippen molar-refractivity contribution >= 4 is 5.95 Å². The van der Waals surface area contributed by atoms with Crippen molar-refractivity contribution in [1.29, 1.82) is 0 Å². The Morgan fingerprint density at radius 1 is 0.893 bits per heavy atom. The molecule has 1 aliphatic rings. The SMILES string of the molecule is CCc1ccccc1-c1cnc(N2CCN(C)CC2)nc1-c1ccc(C)cc1. The van der Waals surface area contributed by atoms with Gasteiger partial charge in [-0.1, -0.05) is 61.0 Å². The molecule has 1 aliphatic heterocycles. The Bertz CT molecular complexity index is 941. The number of piperazine rings is 1. The van der Waals surface area contributed by atoms with E-state index in [1.807, 2.05) is 6.20 Å². The Morgan fingerprint density at radius 3 is 2.32 bits per heavy atom. The molecule has 0 N–H and O–H groups in total. The van der Waals surface area contributed by atoms with Crippen LogP contribution in [-0.4, -0.2) is 48.1 Å². The van der Waals surface area contributed by atoms with E-state index in [1.54, 1.807) is 0 Å². The van der Waals surface area contributed by atoms with Crippen LogP contribution >= 0.6 is 0 Å². The average Bonchev–Trinajstić information content (AvgIpc) is 2.74. The van der Waals surface area contributed by atoms with E-state index >= 15 is 0 Å². The number of hydrogen-bond acceptors (Lipinski definition) is 4. The lowest BCUT2D eigenvalue weighted by molar-refractivity contribution is 0.311. The summed E-state index contributed by atoms with van der Waals surface area (Å²) in [5, 5.41) is 0. The molecule has 0 spiro atoms. The van der Waals surface area contributed by atoms with E-state index in [0.29, 0.717) is 0 Å². The number of aromatic nitrogens is 2. The van der Waals surface area contributed by atoms with Crippen molar-refractivity contribution in [1.82, 2.24) is 14.9 Å². The van der Waals surface area contributed by atoms with Crippen molar-refractivity contribution in [2.75, 3.05) is 38.1 Å². The molecule has 0 amide bonds. The summed E-state index contributed by atoms with van der Waals surface area (Å²) in [7, 11) is 2.17. The topological polar surface area (TPSA) is 32.3 Å². The van der Waals surface area contributed by atoms with Gasteiger partial charge in [0.1, 0.15) is 0 Å². The molecule has 4 nitrogen and oxygen atoms in total. The van der Waals surface area contributed by atoms with Gasteiger partial charge in [-0.3, -0.25) is 0 Å². The molecule has 4 rings (SSSR count). The molecule has 0 aliphatic carbocycles. The Morgan fingerprint density at radius 2 is 1.61 bits per heavy atom. The van der Waals surface area contributed by atoms with Crippen LogP contribution < -0.4 is 4.90 Å². The fourth-order valence-electron chi connectivity index (χ4n) is 3.75. The fraction of sp³-hybridized carbons (Fsp3) is 0.333. The molecule has 2 aromatic carbocycles. The molecule has 1 aromatic heterocycles. The van der Waals surface area contributed by atoms with Crippen LogP contribution in [0.15, 0.2) is 54.7 Å². The Labute approximate surface area is 167 Å². The van der Waals surface area contributed by atoms with Gasteiger partial charge in [0, 0.05) is 43.5 Å². The van der Waals surface area contributed by atoms with E-state index in [1.165, 1.54) is 16.7 Å². The van der Waals surface area contributed by atoms with Crippen molar-refractivity contribution in [2.24, 2.45) is 0 Å². The maximum absolute atomic E-state index is 5.07. The molecule has 28 heavy (non-hydrogen) atoms. The number of likely N-dealkylation sites (N-methyl/N-ethyl adjacent to an activating group) is 1. The Hall–Kier alpha value is -2.72. The van der Waals surface area contributed by atoms with Gasteiger partial charge >= 0.3 is 0 Å². The Balaban J connectivity index is 1.82. The van der Waals surface area contributed by atoms with Crippen LogP contribution in [0.25, 0.3) is 22.4 Å². The first-order chi connectivity index (χ1) is 13.7. The molecule has 0 unspecified atom stereocenters. The van der Waals surface area contributed by atoms with Gasteiger partial charge < -0.3 is 9.80 Å². The molecular formula is C24H28N4. The molecule has 1 saturated heterocycles. The third-order valence-corrected chi connectivity index (χ3v) is 5.58. The maximum atomic E-state index is 5.07. The molecule has 4 heteroatoms. The summed E-state index contributed by atoms with van der Waals surface area (Å²) in [5.41, 5.74) is 7.08. The first-order valence-corrected chi connectivity index (χ1v) is 10.1. The van der Waals surface area contributed by atoms with E-state index in [0.717, 1.165) is 55.4 Å². The van der Waals surface area contributed by atoms with Crippen LogP contribution in [0, 0.1) is 6.92 Å². The largest absolute Gasteiger partial charge is 0.338 e. The predicted molar refractivity (Wildman–Crippen MR) is 117 cm³/mol. The number of aryl methyl sites for hydroxylation is 2. The molecule has 0 radical (unpaired) electrons. The Kier molecular flexibility index (Phi) is 5.40. The van der Waals surface area contributed by atoms with E-state index in [-0.39, 0.29) is 0 Å². The highest BCUT2D eigenvalue weighted by Gasteiger charge is 2.19. The monoisotopic (exact) mass is 372 g/mol. The zero-order chi connectivity index (χ0) is 19.5. The number of rotatable bonds is 4. The van der Waals surface area contributed by atoms with Crippen LogP contribution in [-0.2, 0) is 6.42 Å². The molecule has 144 valence electrons. The molecule has 3 aromatic rings. The second-order valence-electron chi connectivity index (χ2n) is 7.60. The van der Waals surface area contributed by atoms with Gasteiger partial charge in [-0.15, -0.1) is 0 Å². The zero-order valence-corrected chi connectivity index (χ0v) is 17.0. The first kappa shape index (κ1) is 18.6. The minimum Gasteiger partial charge on any atom is -0.338 e. The fourth-order valence-corrected chi connectivity index (χ4v) is 3.75. The maximum Gasteiger partial charge on any atom is 0.225 e.